The molecule has 0 N–H and O–H groups in total. The van der Waals surface area contributed by atoms with E-state index in [0.717, 1.165) is 22.6 Å². The molecule has 0 saturated carbocycles. The molecule has 2 aromatic heterocycles. The van der Waals surface area contributed by atoms with E-state index in [9.17, 15) is 0 Å². The van der Waals surface area contributed by atoms with Crippen LogP contribution in [0.4, 0.5) is 0 Å². The average molecular weight is 814 g/mol. The first-order valence-electron chi connectivity index (χ1n) is 11.0. The molecule has 3 nitrogen and oxygen atoms in total. The van der Waals surface area contributed by atoms with E-state index in [1.165, 1.54) is 27.9 Å². The summed E-state index contributed by atoms with van der Waals surface area (Å²) in [5.74, 6) is 0.939. The van der Waals surface area contributed by atoms with E-state index in [0.29, 0.717) is 0 Å². The number of hydrogen-bond donors (Lipinski definition) is 0. The standard InChI is InChI=1S/C19H19N2.C11H8N.2Ir/c1-13-6-5-7-17(12-13)19-20-8-9-21(19)18-15(3)10-14(2)11-16(18)4;1-2-6-10(7-3-1)11-8-4-5-9-12-11;;/h5-6,8-12H,1-4H3;1-6,8-9H;;/q2*-1;;. The SMILES string of the molecule is Cc1cc[c-]c(-c2nccn2-c2c(C)cc(C)cc2C)c1.[Ir].[Ir].[c-]1ccccc1-c1ccccn1. The van der Waals surface area contributed by atoms with E-state index < -0.39 is 0 Å². The zero-order chi connectivity index (χ0) is 23.2. The fraction of sp³-hybridized carbons (Fsp3) is 0.133. The first kappa shape index (κ1) is 28.6. The van der Waals surface area contributed by atoms with Crippen LogP contribution in [0, 0.1) is 39.8 Å². The molecular weight excluding hydrogens is 787 g/mol. The van der Waals surface area contributed by atoms with E-state index >= 15 is 0 Å². The van der Waals surface area contributed by atoms with Crippen molar-refractivity contribution in [2.75, 3.05) is 0 Å². The molecule has 2 radical (unpaired) electrons. The maximum atomic E-state index is 4.54. The summed E-state index contributed by atoms with van der Waals surface area (Å²) in [5.41, 5.74) is 9.28. The summed E-state index contributed by atoms with van der Waals surface area (Å²) in [5, 5.41) is 0. The predicted octanol–water partition coefficient (Wildman–Crippen LogP) is 7.12. The van der Waals surface area contributed by atoms with Crippen LogP contribution in [0.1, 0.15) is 22.3 Å². The Kier molecular flexibility index (Phi) is 10.9. The van der Waals surface area contributed by atoms with Crippen molar-refractivity contribution >= 4 is 0 Å². The number of imidazole rings is 1. The smallest absolute Gasteiger partial charge is 0.0602 e. The maximum Gasteiger partial charge on any atom is 0.0602 e. The van der Waals surface area contributed by atoms with Crippen molar-refractivity contribution in [2.45, 2.75) is 27.7 Å². The molecule has 0 fully saturated rings. The Morgan fingerprint density at radius 1 is 0.657 bits per heavy atom. The molecule has 182 valence electrons. The first-order valence-corrected chi connectivity index (χ1v) is 11.0. The van der Waals surface area contributed by atoms with Crippen LogP contribution < -0.4 is 0 Å². The van der Waals surface area contributed by atoms with Crippen molar-refractivity contribution in [1.29, 1.82) is 0 Å². The zero-order valence-electron chi connectivity index (χ0n) is 20.2. The third-order valence-electron chi connectivity index (χ3n) is 5.36. The first-order chi connectivity index (χ1) is 16.0. The van der Waals surface area contributed by atoms with Gasteiger partial charge < -0.3 is 9.55 Å². The third-order valence-corrected chi connectivity index (χ3v) is 5.36. The minimum absolute atomic E-state index is 0. The normalized spacial score (nSPS) is 9.83. The molecule has 0 aliphatic rings. The van der Waals surface area contributed by atoms with E-state index in [1.54, 1.807) is 6.20 Å². The molecule has 3 aromatic carbocycles. The molecule has 35 heavy (non-hydrogen) atoms. The summed E-state index contributed by atoms with van der Waals surface area (Å²) < 4.78 is 2.16. The van der Waals surface area contributed by atoms with Gasteiger partial charge in [-0.15, -0.1) is 71.3 Å². The molecule has 0 atom stereocenters. The fourth-order valence-corrected chi connectivity index (χ4v) is 4.02. The van der Waals surface area contributed by atoms with Gasteiger partial charge in [-0.05, 0) is 43.7 Å². The van der Waals surface area contributed by atoms with Crippen molar-refractivity contribution in [1.82, 2.24) is 14.5 Å². The molecule has 0 unspecified atom stereocenters. The number of nitrogens with zero attached hydrogens (tertiary/aromatic N) is 3. The van der Waals surface area contributed by atoms with Crippen LogP contribution in [0.15, 0.2) is 91.4 Å². The van der Waals surface area contributed by atoms with Crippen molar-refractivity contribution in [2.24, 2.45) is 0 Å². The van der Waals surface area contributed by atoms with Crippen molar-refractivity contribution in [3.63, 3.8) is 0 Å². The van der Waals surface area contributed by atoms with Gasteiger partial charge in [0, 0.05) is 64.5 Å². The Balaban J connectivity index is 0.000000265. The summed E-state index contributed by atoms with van der Waals surface area (Å²) >= 11 is 0. The van der Waals surface area contributed by atoms with Crippen LogP contribution >= 0.6 is 0 Å². The largest absolute Gasteiger partial charge is 0.340 e. The van der Waals surface area contributed by atoms with Crippen LogP contribution in [-0.4, -0.2) is 14.5 Å². The molecule has 0 amide bonds. The van der Waals surface area contributed by atoms with Crippen LogP contribution in [0.5, 0.6) is 0 Å². The summed E-state index contributed by atoms with van der Waals surface area (Å²) in [6, 6.07) is 30.7. The van der Waals surface area contributed by atoms with Crippen LogP contribution in [0.3, 0.4) is 0 Å². The Hall–Kier alpha value is -2.68. The van der Waals surface area contributed by atoms with Gasteiger partial charge in [0.25, 0.3) is 0 Å². The molecule has 0 aliphatic heterocycles. The van der Waals surface area contributed by atoms with Gasteiger partial charge in [-0.1, -0.05) is 36.8 Å². The van der Waals surface area contributed by atoms with Gasteiger partial charge in [-0.3, -0.25) is 4.98 Å². The van der Waals surface area contributed by atoms with Crippen molar-refractivity contribution in [3.8, 4) is 28.3 Å². The topological polar surface area (TPSA) is 30.7 Å². The average Bonchev–Trinajstić information content (AvgIpc) is 3.29. The van der Waals surface area contributed by atoms with Crippen molar-refractivity contribution < 1.29 is 40.2 Å². The van der Waals surface area contributed by atoms with Gasteiger partial charge in [0.1, 0.15) is 0 Å². The van der Waals surface area contributed by atoms with Crippen LogP contribution in [-0.2, 0) is 40.2 Å². The minimum Gasteiger partial charge on any atom is -0.340 e. The number of benzene rings is 3. The summed E-state index contributed by atoms with van der Waals surface area (Å²) in [6.45, 7) is 8.53. The van der Waals surface area contributed by atoms with Gasteiger partial charge >= 0.3 is 0 Å². The number of hydrogen-bond acceptors (Lipinski definition) is 2. The molecule has 0 bridgehead atoms. The Morgan fingerprint density at radius 3 is 2.00 bits per heavy atom. The molecule has 5 aromatic rings. The molecule has 0 aliphatic carbocycles. The molecule has 5 heteroatoms. The van der Waals surface area contributed by atoms with E-state index in [1.807, 2.05) is 60.9 Å². The van der Waals surface area contributed by atoms with Gasteiger partial charge in [0.15, 0.2) is 0 Å². The summed E-state index contributed by atoms with van der Waals surface area (Å²) in [6.07, 6.45) is 5.66. The van der Waals surface area contributed by atoms with E-state index in [-0.39, 0.29) is 40.2 Å². The number of aryl methyl sites for hydroxylation is 4. The molecule has 5 rings (SSSR count). The zero-order valence-corrected chi connectivity index (χ0v) is 25.0. The second-order valence-corrected chi connectivity index (χ2v) is 8.14. The quantitative estimate of drug-likeness (QED) is 0.182. The molecular formula is C30H27Ir2N3-2. The minimum atomic E-state index is 0. The van der Waals surface area contributed by atoms with Gasteiger partial charge in [-0.25, -0.2) is 0 Å². The van der Waals surface area contributed by atoms with Gasteiger partial charge in [0.05, 0.1) is 5.82 Å². The number of rotatable bonds is 3. The molecule has 2 heterocycles. The summed E-state index contributed by atoms with van der Waals surface area (Å²) in [4.78, 5) is 8.76. The Labute approximate surface area is 235 Å². The van der Waals surface area contributed by atoms with E-state index in [4.69, 9.17) is 0 Å². The number of aromatic nitrogens is 3. The monoisotopic (exact) mass is 815 g/mol. The summed E-state index contributed by atoms with van der Waals surface area (Å²) in [7, 11) is 0. The van der Waals surface area contributed by atoms with Crippen LogP contribution in [0.25, 0.3) is 28.3 Å². The molecule has 0 saturated heterocycles. The molecule has 0 spiro atoms. The third kappa shape index (κ3) is 7.16. The maximum absolute atomic E-state index is 4.54. The van der Waals surface area contributed by atoms with Gasteiger partial charge in [-0.2, -0.15) is 0 Å². The van der Waals surface area contributed by atoms with Crippen LogP contribution in [0.2, 0.25) is 0 Å². The second-order valence-electron chi connectivity index (χ2n) is 8.14. The van der Waals surface area contributed by atoms with Crippen molar-refractivity contribution in [3.05, 3.63) is 126 Å². The predicted molar refractivity (Wildman–Crippen MR) is 135 cm³/mol. The second kappa shape index (κ2) is 13.4. The van der Waals surface area contributed by atoms with Gasteiger partial charge in [0.2, 0.25) is 0 Å². The fourth-order valence-electron chi connectivity index (χ4n) is 4.02. The Morgan fingerprint density at radius 2 is 1.37 bits per heavy atom. The Bertz CT molecular complexity index is 1290. The van der Waals surface area contributed by atoms with E-state index in [2.05, 4.69) is 78.6 Å². The number of pyridine rings is 1.